The fourth-order valence-corrected chi connectivity index (χ4v) is 2.33. The van der Waals surface area contributed by atoms with Crippen LogP contribution in [0, 0.1) is 21.4 Å². The molecule has 0 fully saturated rings. The Balaban J connectivity index is 2.24. The van der Waals surface area contributed by atoms with Gasteiger partial charge < -0.3 is 4.90 Å². The van der Waals surface area contributed by atoms with Crippen molar-refractivity contribution in [1.82, 2.24) is 0 Å². The summed E-state index contributed by atoms with van der Waals surface area (Å²) in [6, 6.07) is 14.2. The number of hydrogen-bond donors (Lipinski definition) is 0. The Kier molecular flexibility index (Phi) is 4.55. The van der Waals surface area contributed by atoms with Gasteiger partial charge in [-0.2, -0.15) is 5.26 Å². The van der Waals surface area contributed by atoms with Gasteiger partial charge >= 0.3 is 0 Å². The first-order valence-corrected chi connectivity index (χ1v) is 6.94. The van der Waals surface area contributed by atoms with E-state index < -0.39 is 0 Å². The summed E-state index contributed by atoms with van der Waals surface area (Å²) in [6.45, 7) is 0.412. The maximum absolute atomic E-state index is 11.1. The van der Waals surface area contributed by atoms with Gasteiger partial charge in [-0.05, 0) is 36.4 Å². The molecule has 2 aromatic rings. The van der Waals surface area contributed by atoms with E-state index in [2.05, 4.69) is 22.0 Å². The molecule has 21 heavy (non-hydrogen) atoms. The van der Waals surface area contributed by atoms with Crippen molar-refractivity contribution in [1.29, 1.82) is 5.26 Å². The molecule has 0 bridgehead atoms. The first kappa shape index (κ1) is 15.0. The summed E-state index contributed by atoms with van der Waals surface area (Å²) in [5.41, 5.74) is 2.20. The average Bonchev–Trinajstić information content (AvgIpc) is 2.49. The van der Waals surface area contributed by atoms with E-state index in [-0.39, 0.29) is 10.6 Å². The third-order valence-corrected chi connectivity index (χ3v) is 3.58. The fraction of sp³-hybridized carbons (Fsp3) is 0.133. The van der Waals surface area contributed by atoms with Crippen LogP contribution in [0.3, 0.4) is 0 Å². The molecule has 0 spiro atoms. The summed E-state index contributed by atoms with van der Waals surface area (Å²) >= 11 is 3.24. The smallest absolute Gasteiger partial charge is 0.275 e. The normalized spacial score (nSPS) is 9.95. The second-order valence-electron chi connectivity index (χ2n) is 4.54. The van der Waals surface area contributed by atoms with Gasteiger partial charge in [0.1, 0.15) is 0 Å². The highest BCUT2D eigenvalue weighted by Gasteiger charge is 2.15. The van der Waals surface area contributed by atoms with Crippen molar-refractivity contribution in [3.8, 4) is 6.07 Å². The van der Waals surface area contributed by atoms with Crippen molar-refractivity contribution in [3.63, 3.8) is 0 Å². The average molecular weight is 346 g/mol. The van der Waals surface area contributed by atoms with Crippen LogP contribution in [0.25, 0.3) is 0 Å². The molecule has 0 aliphatic heterocycles. The molecule has 2 aromatic carbocycles. The second-order valence-corrected chi connectivity index (χ2v) is 5.46. The van der Waals surface area contributed by atoms with Gasteiger partial charge in [-0.15, -0.1) is 0 Å². The van der Waals surface area contributed by atoms with Crippen molar-refractivity contribution in [2.24, 2.45) is 0 Å². The van der Waals surface area contributed by atoms with Crippen LogP contribution >= 0.6 is 15.9 Å². The lowest BCUT2D eigenvalue weighted by Gasteiger charge is -2.19. The number of halogens is 1. The van der Waals surface area contributed by atoms with Crippen molar-refractivity contribution >= 4 is 27.3 Å². The predicted molar refractivity (Wildman–Crippen MR) is 84.1 cm³/mol. The van der Waals surface area contributed by atoms with E-state index in [4.69, 9.17) is 5.26 Å². The number of nitrogens with zero attached hydrogens (tertiary/aromatic N) is 3. The van der Waals surface area contributed by atoms with Crippen LogP contribution in [0.15, 0.2) is 46.9 Å². The molecule has 2 rings (SSSR count). The third kappa shape index (κ3) is 3.58. The van der Waals surface area contributed by atoms with Crippen LogP contribution in [0.2, 0.25) is 0 Å². The topological polar surface area (TPSA) is 70.2 Å². The van der Waals surface area contributed by atoms with Gasteiger partial charge in [-0.3, -0.25) is 10.1 Å². The van der Waals surface area contributed by atoms with Gasteiger partial charge in [-0.25, -0.2) is 0 Å². The third-order valence-electron chi connectivity index (χ3n) is 3.09. The van der Waals surface area contributed by atoms with Crippen molar-refractivity contribution in [2.45, 2.75) is 6.54 Å². The van der Waals surface area contributed by atoms with Crippen molar-refractivity contribution in [3.05, 3.63) is 68.2 Å². The molecule has 5 nitrogen and oxygen atoms in total. The molecule has 0 saturated heterocycles. The number of nitro groups is 1. The summed E-state index contributed by atoms with van der Waals surface area (Å²) < 4.78 is 0.680. The molecule has 0 aliphatic carbocycles. The van der Waals surface area contributed by atoms with Gasteiger partial charge in [0.05, 0.1) is 16.6 Å². The molecule has 0 radical (unpaired) electrons. The maximum Gasteiger partial charge on any atom is 0.275 e. The summed E-state index contributed by atoms with van der Waals surface area (Å²) in [7, 11) is 1.85. The molecular formula is C15H12BrN3O2. The lowest BCUT2D eigenvalue weighted by atomic mass is 10.1. The molecule has 0 aromatic heterocycles. The lowest BCUT2D eigenvalue weighted by Crippen LogP contribution is -2.17. The van der Waals surface area contributed by atoms with Gasteiger partial charge in [0.2, 0.25) is 0 Å². The highest BCUT2D eigenvalue weighted by atomic mass is 79.9. The van der Waals surface area contributed by atoms with Crippen LogP contribution in [-0.2, 0) is 6.54 Å². The number of nitro benzene ring substituents is 1. The van der Waals surface area contributed by atoms with E-state index in [9.17, 15) is 10.1 Å². The van der Waals surface area contributed by atoms with Gasteiger partial charge in [0, 0.05) is 35.4 Å². The highest BCUT2D eigenvalue weighted by molar-refractivity contribution is 9.10. The standard InChI is InChI=1S/C15H12BrN3O2/c1-18(14-6-2-11(9-17)3-7-14)10-12-4-5-13(16)8-15(12)19(20)21/h2-8H,10H2,1H3. The van der Waals surface area contributed by atoms with E-state index >= 15 is 0 Å². The Morgan fingerprint density at radius 3 is 2.52 bits per heavy atom. The molecule has 106 valence electrons. The number of benzene rings is 2. The summed E-state index contributed by atoms with van der Waals surface area (Å²) in [5.74, 6) is 0. The Bertz CT molecular complexity index is 708. The Hall–Kier alpha value is -2.39. The van der Waals surface area contributed by atoms with E-state index in [1.54, 1.807) is 24.3 Å². The Morgan fingerprint density at radius 2 is 1.95 bits per heavy atom. The van der Waals surface area contributed by atoms with Crippen molar-refractivity contribution in [2.75, 3.05) is 11.9 Å². The predicted octanol–water partition coefficient (Wildman–Crippen LogP) is 3.87. The van der Waals surface area contributed by atoms with Crippen LogP contribution in [0.1, 0.15) is 11.1 Å². The number of anilines is 1. The Morgan fingerprint density at radius 1 is 1.29 bits per heavy atom. The van der Waals surface area contributed by atoms with E-state index in [0.717, 1.165) is 5.69 Å². The summed E-state index contributed by atoms with van der Waals surface area (Å²) in [4.78, 5) is 12.6. The Labute approximate surface area is 130 Å². The minimum Gasteiger partial charge on any atom is -0.370 e. The molecule has 0 heterocycles. The lowest BCUT2D eigenvalue weighted by molar-refractivity contribution is -0.385. The quantitative estimate of drug-likeness (QED) is 0.623. The minimum atomic E-state index is -0.382. The van der Waals surface area contributed by atoms with Crippen LogP contribution < -0.4 is 4.90 Å². The van der Waals surface area contributed by atoms with E-state index in [1.807, 2.05) is 24.1 Å². The number of hydrogen-bond acceptors (Lipinski definition) is 4. The molecular weight excluding hydrogens is 334 g/mol. The van der Waals surface area contributed by atoms with Crippen LogP contribution in [0.4, 0.5) is 11.4 Å². The second kappa shape index (κ2) is 6.37. The highest BCUT2D eigenvalue weighted by Crippen LogP contribution is 2.26. The van der Waals surface area contributed by atoms with Crippen LogP contribution in [0.5, 0.6) is 0 Å². The van der Waals surface area contributed by atoms with E-state index in [1.165, 1.54) is 6.07 Å². The van der Waals surface area contributed by atoms with Gasteiger partial charge in [0.25, 0.3) is 5.69 Å². The zero-order valence-corrected chi connectivity index (χ0v) is 12.9. The van der Waals surface area contributed by atoms with E-state index in [0.29, 0.717) is 22.1 Å². The SMILES string of the molecule is CN(Cc1ccc(Br)cc1[N+](=O)[O-])c1ccc(C#N)cc1. The zero-order valence-electron chi connectivity index (χ0n) is 11.3. The zero-order chi connectivity index (χ0) is 15.4. The van der Waals surface area contributed by atoms with Gasteiger partial charge in [-0.1, -0.05) is 15.9 Å². The molecule has 0 N–H and O–H groups in total. The molecule has 6 heteroatoms. The first-order valence-electron chi connectivity index (χ1n) is 6.15. The molecule has 0 unspecified atom stereocenters. The molecule has 0 amide bonds. The molecule has 0 aliphatic rings. The fourth-order valence-electron chi connectivity index (χ4n) is 1.98. The molecule has 0 saturated carbocycles. The number of nitriles is 1. The number of rotatable bonds is 4. The van der Waals surface area contributed by atoms with Gasteiger partial charge in [0.15, 0.2) is 0 Å². The van der Waals surface area contributed by atoms with Crippen LogP contribution in [-0.4, -0.2) is 12.0 Å². The maximum atomic E-state index is 11.1. The first-order chi connectivity index (χ1) is 10.0. The summed E-state index contributed by atoms with van der Waals surface area (Å²) in [6.07, 6.45) is 0. The molecule has 0 atom stereocenters. The summed E-state index contributed by atoms with van der Waals surface area (Å²) in [5, 5.41) is 19.9. The monoisotopic (exact) mass is 345 g/mol. The van der Waals surface area contributed by atoms with Crippen molar-refractivity contribution < 1.29 is 4.92 Å². The largest absolute Gasteiger partial charge is 0.370 e. The minimum absolute atomic E-state index is 0.0878.